The first-order valence-corrected chi connectivity index (χ1v) is 11.9. The summed E-state index contributed by atoms with van der Waals surface area (Å²) in [5.41, 5.74) is 1.07. The van der Waals surface area contributed by atoms with Crippen LogP contribution in [0.3, 0.4) is 0 Å². The maximum Gasteiger partial charge on any atom is 0.264 e. The zero-order valence-electron chi connectivity index (χ0n) is 19.6. The highest BCUT2D eigenvalue weighted by molar-refractivity contribution is 7.92. The summed E-state index contributed by atoms with van der Waals surface area (Å²) in [5, 5.41) is 0. The smallest absolute Gasteiger partial charge is 0.264 e. The summed E-state index contributed by atoms with van der Waals surface area (Å²) in [6.45, 7) is -0.161. The summed E-state index contributed by atoms with van der Waals surface area (Å²) in [6.07, 6.45) is 0. The summed E-state index contributed by atoms with van der Waals surface area (Å²) >= 11 is 0. The zero-order valence-corrected chi connectivity index (χ0v) is 20.4. The maximum absolute atomic E-state index is 13.7. The molecule has 0 N–H and O–H groups in total. The van der Waals surface area contributed by atoms with Gasteiger partial charge < -0.3 is 19.1 Å². The molecule has 3 rings (SSSR count). The summed E-state index contributed by atoms with van der Waals surface area (Å²) in [7, 11) is 2.03. The first-order chi connectivity index (χ1) is 16.3. The van der Waals surface area contributed by atoms with Gasteiger partial charge in [0.2, 0.25) is 5.91 Å². The number of sulfonamides is 1. The van der Waals surface area contributed by atoms with Gasteiger partial charge in [0.15, 0.2) is 0 Å². The summed E-state index contributed by atoms with van der Waals surface area (Å²) in [5.74, 6) is 1.11. The molecule has 0 bridgehead atoms. The molecule has 0 aliphatic rings. The molecule has 3 aromatic carbocycles. The van der Waals surface area contributed by atoms with Crippen molar-refractivity contribution in [2.45, 2.75) is 11.4 Å². The molecular formula is C25H28N2O6S. The van der Waals surface area contributed by atoms with E-state index in [0.717, 1.165) is 9.87 Å². The van der Waals surface area contributed by atoms with Crippen molar-refractivity contribution in [1.29, 1.82) is 0 Å². The van der Waals surface area contributed by atoms with Crippen LogP contribution in [0.25, 0.3) is 0 Å². The molecule has 34 heavy (non-hydrogen) atoms. The molecule has 0 heterocycles. The summed E-state index contributed by atoms with van der Waals surface area (Å²) in [4.78, 5) is 14.7. The highest BCUT2D eigenvalue weighted by atomic mass is 32.2. The van der Waals surface area contributed by atoms with Gasteiger partial charge in [-0.15, -0.1) is 0 Å². The fourth-order valence-corrected chi connectivity index (χ4v) is 4.86. The Morgan fingerprint density at radius 2 is 1.38 bits per heavy atom. The predicted molar refractivity (Wildman–Crippen MR) is 130 cm³/mol. The largest absolute Gasteiger partial charge is 0.497 e. The molecule has 0 fully saturated rings. The van der Waals surface area contributed by atoms with Crippen LogP contribution in [0.15, 0.2) is 77.7 Å². The van der Waals surface area contributed by atoms with E-state index in [2.05, 4.69) is 0 Å². The summed E-state index contributed by atoms with van der Waals surface area (Å²) in [6, 6.07) is 20.0. The number of likely N-dealkylation sites (N-methyl/N-ethyl adjacent to an activating group) is 1. The van der Waals surface area contributed by atoms with Gasteiger partial charge in [-0.25, -0.2) is 8.42 Å². The number of carbonyl (C=O) groups is 1. The molecule has 0 aliphatic heterocycles. The van der Waals surface area contributed by atoms with Gasteiger partial charge in [-0.2, -0.15) is 0 Å². The average Bonchev–Trinajstić information content (AvgIpc) is 2.87. The Hall–Kier alpha value is -3.72. The molecule has 9 heteroatoms. The lowest BCUT2D eigenvalue weighted by molar-refractivity contribution is -0.128. The third-order valence-electron chi connectivity index (χ3n) is 5.31. The van der Waals surface area contributed by atoms with Crippen LogP contribution in [0.1, 0.15) is 5.56 Å². The van der Waals surface area contributed by atoms with Crippen LogP contribution >= 0.6 is 0 Å². The Morgan fingerprint density at radius 1 is 0.794 bits per heavy atom. The van der Waals surface area contributed by atoms with E-state index in [1.807, 2.05) is 24.3 Å². The molecule has 0 spiro atoms. The van der Waals surface area contributed by atoms with Crippen molar-refractivity contribution >= 4 is 21.6 Å². The number of para-hydroxylation sites is 3. The lowest BCUT2D eigenvalue weighted by Gasteiger charge is -2.28. The van der Waals surface area contributed by atoms with Gasteiger partial charge in [0.05, 0.1) is 31.9 Å². The molecule has 1 amide bonds. The van der Waals surface area contributed by atoms with Crippen molar-refractivity contribution in [1.82, 2.24) is 4.90 Å². The second-order valence-corrected chi connectivity index (χ2v) is 9.28. The molecule has 180 valence electrons. The average molecular weight is 485 g/mol. The number of methoxy groups -OCH3 is 3. The van der Waals surface area contributed by atoms with E-state index in [1.54, 1.807) is 50.6 Å². The van der Waals surface area contributed by atoms with Gasteiger partial charge in [0.1, 0.15) is 23.8 Å². The van der Waals surface area contributed by atoms with Crippen molar-refractivity contribution in [2.75, 3.05) is 39.2 Å². The fraction of sp³-hybridized carbons (Fsp3) is 0.240. The Morgan fingerprint density at radius 3 is 2.00 bits per heavy atom. The number of nitrogens with zero attached hydrogens (tertiary/aromatic N) is 2. The van der Waals surface area contributed by atoms with Gasteiger partial charge in [-0.3, -0.25) is 9.10 Å². The number of ether oxygens (including phenoxy) is 3. The van der Waals surface area contributed by atoms with Crippen LogP contribution in [0.4, 0.5) is 5.69 Å². The minimum atomic E-state index is -4.10. The van der Waals surface area contributed by atoms with Crippen LogP contribution in [0, 0.1) is 0 Å². The number of rotatable bonds is 10. The number of amides is 1. The number of benzene rings is 3. The standard InChI is InChI=1S/C25H28N2O6S/c1-26(17-19-9-5-7-11-23(19)32-3)25(28)18-27(22-10-6-8-12-24(22)33-4)34(29,30)21-15-13-20(31-2)14-16-21/h5-16H,17-18H2,1-4H3. The van der Waals surface area contributed by atoms with E-state index in [1.165, 1.54) is 31.3 Å². The molecule has 3 aromatic rings. The Kier molecular flexibility index (Phi) is 8.01. The van der Waals surface area contributed by atoms with Gasteiger partial charge in [0.25, 0.3) is 10.0 Å². The minimum absolute atomic E-state index is 0.0272. The van der Waals surface area contributed by atoms with Gasteiger partial charge in [0, 0.05) is 19.2 Å². The molecule has 0 aromatic heterocycles. The van der Waals surface area contributed by atoms with Crippen LogP contribution in [-0.2, 0) is 21.4 Å². The summed E-state index contributed by atoms with van der Waals surface area (Å²) < 4.78 is 44.3. The SMILES string of the molecule is COc1ccc(S(=O)(=O)N(CC(=O)N(C)Cc2ccccc2OC)c2ccccc2OC)cc1. The van der Waals surface area contributed by atoms with E-state index in [9.17, 15) is 13.2 Å². The third-order valence-corrected chi connectivity index (χ3v) is 7.08. The molecule has 0 atom stereocenters. The van der Waals surface area contributed by atoms with Crippen molar-refractivity contribution in [3.63, 3.8) is 0 Å². The quantitative estimate of drug-likeness (QED) is 0.437. The second-order valence-electron chi connectivity index (χ2n) is 7.42. The van der Waals surface area contributed by atoms with Crippen molar-refractivity contribution in [3.8, 4) is 17.2 Å². The zero-order chi connectivity index (χ0) is 24.7. The first kappa shape index (κ1) is 24.9. The topological polar surface area (TPSA) is 85.4 Å². The highest BCUT2D eigenvalue weighted by Crippen LogP contribution is 2.33. The molecular weight excluding hydrogens is 456 g/mol. The lowest BCUT2D eigenvalue weighted by atomic mass is 10.2. The number of hydrogen-bond acceptors (Lipinski definition) is 6. The minimum Gasteiger partial charge on any atom is -0.497 e. The van der Waals surface area contributed by atoms with E-state index in [-0.39, 0.29) is 17.1 Å². The monoisotopic (exact) mass is 484 g/mol. The highest BCUT2D eigenvalue weighted by Gasteiger charge is 2.30. The Labute approximate surface area is 200 Å². The molecule has 0 saturated carbocycles. The normalized spacial score (nSPS) is 10.9. The second kappa shape index (κ2) is 10.9. The maximum atomic E-state index is 13.7. The first-order valence-electron chi connectivity index (χ1n) is 10.5. The fourth-order valence-electron chi connectivity index (χ4n) is 3.43. The molecule has 0 radical (unpaired) electrons. The van der Waals surface area contributed by atoms with Gasteiger partial charge >= 0.3 is 0 Å². The number of hydrogen-bond donors (Lipinski definition) is 0. The van der Waals surface area contributed by atoms with E-state index in [4.69, 9.17) is 14.2 Å². The van der Waals surface area contributed by atoms with Crippen molar-refractivity contribution < 1.29 is 27.4 Å². The lowest BCUT2D eigenvalue weighted by Crippen LogP contribution is -2.41. The van der Waals surface area contributed by atoms with E-state index < -0.39 is 22.5 Å². The molecule has 0 aliphatic carbocycles. The van der Waals surface area contributed by atoms with Gasteiger partial charge in [-0.05, 0) is 42.5 Å². The van der Waals surface area contributed by atoms with Crippen molar-refractivity contribution in [3.05, 3.63) is 78.4 Å². The molecule has 0 unspecified atom stereocenters. The van der Waals surface area contributed by atoms with Gasteiger partial charge in [-0.1, -0.05) is 30.3 Å². The number of carbonyl (C=O) groups excluding carboxylic acids is 1. The van der Waals surface area contributed by atoms with Crippen LogP contribution < -0.4 is 18.5 Å². The van der Waals surface area contributed by atoms with Crippen LogP contribution in [-0.4, -0.2) is 54.1 Å². The number of anilines is 1. The Balaban J connectivity index is 1.96. The van der Waals surface area contributed by atoms with E-state index >= 15 is 0 Å². The molecule has 0 saturated heterocycles. The third kappa shape index (κ3) is 5.43. The van der Waals surface area contributed by atoms with Crippen LogP contribution in [0.2, 0.25) is 0 Å². The van der Waals surface area contributed by atoms with Crippen molar-refractivity contribution in [2.24, 2.45) is 0 Å². The van der Waals surface area contributed by atoms with Crippen LogP contribution in [0.5, 0.6) is 17.2 Å². The van der Waals surface area contributed by atoms with E-state index in [0.29, 0.717) is 17.2 Å². The Bertz CT molecular complexity index is 1230. The molecule has 8 nitrogen and oxygen atoms in total. The predicted octanol–water partition coefficient (Wildman–Crippen LogP) is 3.57.